The molecule has 0 spiro atoms. The highest BCUT2D eigenvalue weighted by molar-refractivity contribution is 5.86. The maximum absolute atomic E-state index is 4.77. The molecule has 0 N–H and O–H groups in total. The summed E-state index contributed by atoms with van der Waals surface area (Å²) < 4.78 is 0. The van der Waals surface area contributed by atoms with Gasteiger partial charge in [-0.3, -0.25) is 0 Å². The third-order valence-corrected chi connectivity index (χ3v) is 4.77. The lowest BCUT2D eigenvalue weighted by molar-refractivity contribution is 0.313. The lowest BCUT2D eigenvalue weighted by Crippen LogP contribution is -2.44. The van der Waals surface area contributed by atoms with Crippen LogP contribution in [0.4, 0.5) is 5.69 Å². The summed E-state index contributed by atoms with van der Waals surface area (Å²) in [5.41, 5.74) is 4.38. The maximum atomic E-state index is 4.77. The number of likely N-dealkylation sites (N-methyl/N-ethyl adjacent to an activating group) is 1. The Morgan fingerprint density at radius 1 is 0.875 bits per heavy atom. The van der Waals surface area contributed by atoms with E-state index in [4.69, 9.17) is 9.97 Å². The smallest absolute Gasteiger partial charge is 0.160 e. The van der Waals surface area contributed by atoms with Gasteiger partial charge < -0.3 is 9.80 Å². The van der Waals surface area contributed by atoms with Gasteiger partial charge in [-0.15, -0.1) is 0 Å². The molecule has 0 aliphatic carbocycles. The van der Waals surface area contributed by atoms with E-state index in [0.717, 1.165) is 54.2 Å². The molecule has 3 aromatic rings. The minimum atomic E-state index is 0.799. The van der Waals surface area contributed by atoms with Gasteiger partial charge in [0.25, 0.3) is 0 Å². The van der Waals surface area contributed by atoms with Crippen LogP contribution in [0, 0.1) is 6.92 Å². The van der Waals surface area contributed by atoms with E-state index < -0.39 is 0 Å². The number of benzene rings is 2. The molecule has 0 bridgehead atoms. The summed E-state index contributed by atoms with van der Waals surface area (Å²) in [5, 5.41) is 1.14. The van der Waals surface area contributed by atoms with Crippen LogP contribution < -0.4 is 4.90 Å². The van der Waals surface area contributed by atoms with E-state index in [2.05, 4.69) is 54.1 Å². The molecule has 2 heterocycles. The van der Waals surface area contributed by atoms with Crippen LogP contribution in [0.1, 0.15) is 5.69 Å². The summed E-state index contributed by atoms with van der Waals surface area (Å²) in [6.45, 7) is 6.44. The van der Waals surface area contributed by atoms with Crippen molar-refractivity contribution in [3.8, 4) is 11.4 Å². The Kier molecular flexibility index (Phi) is 3.90. The van der Waals surface area contributed by atoms with Crippen LogP contribution >= 0.6 is 0 Å². The van der Waals surface area contributed by atoms with Crippen molar-refractivity contribution in [2.24, 2.45) is 0 Å². The molecule has 24 heavy (non-hydrogen) atoms. The van der Waals surface area contributed by atoms with Crippen molar-refractivity contribution in [3.63, 3.8) is 0 Å². The summed E-state index contributed by atoms with van der Waals surface area (Å²) in [5.74, 6) is 0.799. The van der Waals surface area contributed by atoms with E-state index in [1.807, 2.05) is 18.2 Å². The van der Waals surface area contributed by atoms with Crippen molar-refractivity contribution in [1.82, 2.24) is 14.9 Å². The fourth-order valence-corrected chi connectivity index (χ4v) is 3.25. The second-order valence-electron chi connectivity index (χ2n) is 6.49. The van der Waals surface area contributed by atoms with Gasteiger partial charge in [0.1, 0.15) is 0 Å². The number of rotatable bonds is 2. The Bertz CT molecular complexity index is 852. The maximum Gasteiger partial charge on any atom is 0.160 e. The Morgan fingerprint density at radius 3 is 2.38 bits per heavy atom. The van der Waals surface area contributed by atoms with Crippen molar-refractivity contribution < 1.29 is 0 Å². The number of anilines is 1. The quantitative estimate of drug-likeness (QED) is 0.725. The fourth-order valence-electron chi connectivity index (χ4n) is 3.25. The Hall–Kier alpha value is -2.46. The molecule has 1 aliphatic rings. The summed E-state index contributed by atoms with van der Waals surface area (Å²) in [6, 6.07) is 16.7. The first-order chi connectivity index (χ1) is 11.7. The van der Waals surface area contributed by atoms with Crippen molar-refractivity contribution in [1.29, 1.82) is 0 Å². The second kappa shape index (κ2) is 6.21. The molecule has 0 amide bonds. The second-order valence-corrected chi connectivity index (χ2v) is 6.49. The Morgan fingerprint density at radius 2 is 1.62 bits per heavy atom. The van der Waals surface area contributed by atoms with Crippen LogP contribution in [0.15, 0.2) is 48.5 Å². The summed E-state index contributed by atoms with van der Waals surface area (Å²) in [7, 11) is 2.18. The van der Waals surface area contributed by atoms with Gasteiger partial charge in [-0.1, -0.05) is 30.3 Å². The molecule has 2 aromatic carbocycles. The van der Waals surface area contributed by atoms with Gasteiger partial charge in [0.2, 0.25) is 0 Å². The Labute approximate surface area is 142 Å². The average Bonchev–Trinajstić information content (AvgIpc) is 2.63. The topological polar surface area (TPSA) is 32.3 Å². The fraction of sp³-hybridized carbons (Fsp3) is 0.300. The standard InChI is InChI=1S/C20H22N4/c1-15-18-14-17(24-12-10-23(2)11-13-24)8-9-19(18)22-20(21-15)16-6-4-3-5-7-16/h3-9,14H,10-13H2,1-2H3. The summed E-state index contributed by atoms with van der Waals surface area (Å²) in [6.07, 6.45) is 0. The van der Waals surface area contributed by atoms with Gasteiger partial charge in [0.15, 0.2) is 5.82 Å². The van der Waals surface area contributed by atoms with E-state index in [1.165, 1.54) is 5.69 Å². The van der Waals surface area contributed by atoms with Crippen molar-refractivity contribution in [3.05, 3.63) is 54.2 Å². The van der Waals surface area contributed by atoms with Crippen LogP contribution in [0.5, 0.6) is 0 Å². The molecule has 1 aliphatic heterocycles. The minimum Gasteiger partial charge on any atom is -0.369 e. The molecule has 1 aromatic heterocycles. The van der Waals surface area contributed by atoms with Gasteiger partial charge >= 0.3 is 0 Å². The number of nitrogens with zero attached hydrogens (tertiary/aromatic N) is 4. The van der Waals surface area contributed by atoms with Crippen LogP contribution in [-0.4, -0.2) is 48.1 Å². The predicted molar refractivity (Wildman–Crippen MR) is 99.4 cm³/mol. The Balaban J connectivity index is 1.72. The van der Waals surface area contributed by atoms with Crippen molar-refractivity contribution in [2.75, 3.05) is 38.1 Å². The zero-order chi connectivity index (χ0) is 16.5. The number of hydrogen-bond donors (Lipinski definition) is 0. The van der Waals surface area contributed by atoms with Crippen LogP contribution in [-0.2, 0) is 0 Å². The SMILES string of the molecule is Cc1nc(-c2ccccc2)nc2ccc(N3CCN(C)CC3)cc12. The first kappa shape index (κ1) is 15.1. The molecular weight excluding hydrogens is 296 g/mol. The average molecular weight is 318 g/mol. The molecule has 1 saturated heterocycles. The van der Waals surface area contributed by atoms with Crippen molar-refractivity contribution in [2.45, 2.75) is 6.92 Å². The molecule has 0 atom stereocenters. The number of aromatic nitrogens is 2. The number of piperazine rings is 1. The van der Waals surface area contributed by atoms with Gasteiger partial charge in [-0.2, -0.15) is 0 Å². The molecule has 122 valence electrons. The zero-order valence-electron chi connectivity index (χ0n) is 14.2. The number of hydrogen-bond acceptors (Lipinski definition) is 4. The third kappa shape index (κ3) is 2.85. The van der Waals surface area contributed by atoms with E-state index >= 15 is 0 Å². The first-order valence-electron chi connectivity index (χ1n) is 8.48. The van der Waals surface area contributed by atoms with E-state index in [9.17, 15) is 0 Å². The molecule has 0 unspecified atom stereocenters. The lowest BCUT2D eigenvalue weighted by atomic mass is 10.1. The van der Waals surface area contributed by atoms with E-state index in [-0.39, 0.29) is 0 Å². The van der Waals surface area contributed by atoms with Gasteiger partial charge in [-0.05, 0) is 32.2 Å². The molecule has 4 nitrogen and oxygen atoms in total. The lowest BCUT2D eigenvalue weighted by Gasteiger charge is -2.34. The highest BCUT2D eigenvalue weighted by Crippen LogP contribution is 2.26. The molecule has 4 heteroatoms. The molecular formula is C20H22N4. The molecule has 4 rings (SSSR count). The summed E-state index contributed by atoms with van der Waals surface area (Å²) in [4.78, 5) is 14.3. The summed E-state index contributed by atoms with van der Waals surface area (Å²) >= 11 is 0. The van der Waals surface area contributed by atoms with Crippen molar-refractivity contribution >= 4 is 16.6 Å². The normalized spacial score (nSPS) is 15.8. The van der Waals surface area contributed by atoms with Crippen LogP contribution in [0.3, 0.4) is 0 Å². The van der Waals surface area contributed by atoms with Gasteiger partial charge in [0.05, 0.1) is 5.52 Å². The predicted octanol–water partition coefficient (Wildman–Crippen LogP) is 3.36. The molecule has 1 fully saturated rings. The highest BCUT2D eigenvalue weighted by Gasteiger charge is 2.15. The zero-order valence-corrected chi connectivity index (χ0v) is 14.2. The van der Waals surface area contributed by atoms with E-state index in [1.54, 1.807) is 0 Å². The number of fused-ring (bicyclic) bond motifs is 1. The monoisotopic (exact) mass is 318 g/mol. The number of aryl methyl sites for hydroxylation is 1. The van der Waals surface area contributed by atoms with Gasteiger partial charge in [-0.25, -0.2) is 9.97 Å². The molecule has 0 radical (unpaired) electrons. The molecule has 0 saturated carbocycles. The largest absolute Gasteiger partial charge is 0.369 e. The van der Waals surface area contributed by atoms with Crippen LogP contribution in [0.25, 0.3) is 22.3 Å². The van der Waals surface area contributed by atoms with E-state index in [0.29, 0.717) is 0 Å². The minimum absolute atomic E-state index is 0.799. The van der Waals surface area contributed by atoms with Crippen LogP contribution in [0.2, 0.25) is 0 Å². The third-order valence-electron chi connectivity index (χ3n) is 4.77. The highest BCUT2D eigenvalue weighted by atomic mass is 15.2. The van der Waals surface area contributed by atoms with Gasteiger partial charge in [0, 0.05) is 48.5 Å². The first-order valence-corrected chi connectivity index (χ1v) is 8.48.